The number of ether oxygens (including phenoxy) is 2. The van der Waals surface area contributed by atoms with E-state index in [0.29, 0.717) is 30.1 Å². The molecule has 0 saturated carbocycles. The van der Waals surface area contributed by atoms with Gasteiger partial charge in [0.2, 0.25) is 0 Å². The molecule has 1 aromatic carbocycles. The molecule has 128 valence electrons. The van der Waals surface area contributed by atoms with Crippen LogP contribution in [0.15, 0.2) is 22.7 Å². The quantitative estimate of drug-likeness (QED) is 0.759. The van der Waals surface area contributed by atoms with Crippen molar-refractivity contribution in [1.82, 2.24) is 4.90 Å². The third-order valence-electron chi connectivity index (χ3n) is 3.66. The zero-order chi connectivity index (χ0) is 17.0. The second-order valence-electron chi connectivity index (χ2n) is 6.77. The lowest BCUT2D eigenvalue weighted by atomic mass is 9.98. The summed E-state index contributed by atoms with van der Waals surface area (Å²) in [6, 6.07) is 5.00. The lowest BCUT2D eigenvalue weighted by molar-refractivity contribution is 0.0164. The molecule has 1 aliphatic rings. The molecule has 0 aliphatic carbocycles. The Morgan fingerprint density at radius 3 is 2.61 bits per heavy atom. The first kappa shape index (κ1) is 18.0. The molecule has 1 fully saturated rings. The number of rotatable bonds is 3. The summed E-state index contributed by atoms with van der Waals surface area (Å²) in [6.07, 6.45) is 1.39. The molecule has 0 radical (unpaired) electrons. The minimum absolute atomic E-state index is 0.258. The first-order valence-corrected chi connectivity index (χ1v) is 8.60. The van der Waals surface area contributed by atoms with Gasteiger partial charge in [-0.05, 0) is 67.6 Å². The number of likely N-dealkylation sites (tertiary alicyclic amines) is 1. The molecule has 0 unspecified atom stereocenters. The van der Waals surface area contributed by atoms with Crippen LogP contribution in [0, 0.1) is 11.7 Å². The lowest BCUT2D eigenvalue weighted by Crippen LogP contribution is -2.42. The summed E-state index contributed by atoms with van der Waals surface area (Å²) < 4.78 is 25.2. The van der Waals surface area contributed by atoms with E-state index < -0.39 is 5.60 Å². The predicted octanol–water partition coefficient (Wildman–Crippen LogP) is 4.61. The molecule has 0 bridgehead atoms. The molecule has 2 rings (SSSR count). The average molecular weight is 388 g/mol. The first-order chi connectivity index (χ1) is 10.8. The Kier molecular flexibility index (Phi) is 5.89. The monoisotopic (exact) mass is 387 g/mol. The van der Waals surface area contributed by atoms with E-state index >= 15 is 0 Å². The number of amides is 1. The fraction of sp³-hybridized carbons (Fsp3) is 0.588. The second kappa shape index (κ2) is 7.51. The predicted molar refractivity (Wildman–Crippen MR) is 90.1 cm³/mol. The second-order valence-corrected chi connectivity index (χ2v) is 7.63. The van der Waals surface area contributed by atoms with Crippen LogP contribution in [0.1, 0.15) is 33.6 Å². The van der Waals surface area contributed by atoms with E-state index in [1.807, 2.05) is 20.8 Å². The molecule has 1 saturated heterocycles. The number of carbonyl (C=O) groups excluding carboxylic acids is 1. The van der Waals surface area contributed by atoms with E-state index in [1.54, 1.807) is 23.1 Å². The minimum atomic E-state index is -0.477. The standard InChI is InChI=1S/C17H23BrFNO3/c1-17(2,3)23-16(21)20-9-7-12(8-10-20)11-22-14-6-4-5-13(18)15(14)19/h4-6,12H,7-11H2,1-3H3. The smallest absolute Gasteiger partial charge is 0.410 e. The van der Waals surface area contributed by atoms with Crippen molar-refractivity contribution < 1.29 is 18.7 Å². The minimum Gasteiger partial charge on any atom is -0.490 e. The van der Waals surface area contributed by atoms with E-state index in [0.717, 1.165) is 12.8 Å². The molecule has 1 heterocycles. The van der Waals surface area contributed by atoms with Gasteiger partial charge in [-0.1, -0.05) is 6.07 Å². The third kappa shape index (κ3) is 5.37. The fourth-order valence-electron chi connectivity index (χ4n) is 2.41. The van der Waals surface area contributed by atoms with Crippen molar-refractivity contribution in [2.45, 2.75) is 39.2 Å². The first-order valence-electron chi connectivity index (χ1n) is 7.81. The van der Waals surface area contributed by atoms with Crippen molar-refractivity contribution in [3.05, 3.63) is 28.5 Å². The molecular formula is C17H23BrFNO3. The van der Waals surface area contributed by atoms with Crippen LogP contribution in [0.25, 0.3) is 0 Å². The van der Waals surface area contributed by atoms with Gasteiger partial charge >= 0.3 is 6.09 Å². The van der Waals surface area contributed by atoms with Crippen LogP contribution in [0.2, 0.25) is 0 Å². The van der Waals surface area contributed by atoms with Gasteiger partial charge in [-0.2, -0.15) is 0 Å². The third-order valence-corrected chi connectivity index (χ3v) is 4.27. The number of hydrogen-bond donors (Lipinski definition) is 0. The maximum atomic E-state index is 13.8. The number of benzene rings is 1. The SMILES string of the molecule is CC(C)(C)OC(=O)N1CCC(COc2cccc(Br)c2F)CC1. The van der Waals surface area contributed by atoms with Crippen LogP contribution in [0.3, 0.4) is 0 Å². The Morgan fingerprint density at radius 2 is 2.00 bits per heavy atom. The summed E-state index contributed by atoms with van der Waals surface area (Å²) in [6.45, 7) is 7.32. The summed E-state index contributed by atoms with van der Waals surface area (Å²) in [7, 11) is 0. The molecule has 0 aromatic heterocycles. The Labute approximate surface area is 145 Å². The van der Waals surface area contributed by atoms with Crippen LogP contribution < -0.4 is 4.74 Å². The molecule has 23 heavy (non-hydrogen) atoms. The van der Waals surface area contributed by atoms with Gasteiger partial charge in [-0.3, -0.25) is 0 Å². The molecular weight excluding hydrogens is 365 g/mol. The summed E-state index contributed by atoms with van der Waals surface area (Å²) in [5, 5.41) is 0. The van der Waals surface area contributed by atoms with E-state index in [2.05, 4.69) is 15.9 Å². The van der Waals surface area contributed by atoms with Crippen molar-refractivity contribution in [2.24, 2.45) is 5.92 Å². The molecule has 0 N–H and O–H groups in total. The number of nitrogens with zero attached hydrogens (tertiary/aromatic N) is 1. The van der Waals surface area contributed by atoms with Crippen LogP contribution in [-0.2, 0) is 4.74 Å². The zero-order valence-electron chi connectivity index (χ0n) is 13.8. The highest BCUT2D eigenvalue weighted by Gasteiger charge is 2.27. The Morgan fingerprint density at radius 1 is 1.35 bits per heavy atom. The van der Waals surface area contributed by atoms with E-state index in [9.17, 15) is 9.18 Å². The largest absolute Gasteiger partial charge is 0.490 e. The number of carbonyl (C=O) groups is 1. The van der Waals surface area contributed by atoms with Crippen LogP contribution in [0.4, 0.5) is 9.18 Å². The van der Waals surface area contributed by atoms with Crippen LogP contribution in [-0.4, -0.2) is 36.3 Å². The normalized spacial score (nSPS) is 16.3. The summed E-state index contributed by atoms with van der Waals surface area (Å²) in [4.78, 5) is 13.7. The molecule has 0 spiro atoms. The molecule has 1 aromatic rings. The van der Waals surface area contributed by atoms with Crippen molar-refractivity contribution in [3.8, 4) is 5.75 Å². The Balaban J connectivity index is 1.79. The summed E-state index contributed by atoms with van der Waals surface area (Å²) in [5.41, 5.74) is -0.477. The van der Waals surface area contributed by atoms with Crippen molar-refractivity contribution in [3.63, 3.8) is 0 Å². The van der Waals surface area contributed by atoms with Gasteiger partial charge in [0.15, 0.2) is 11.6 Å². The van der Waals surface area contributed by atoms with Crippen LogP contribution in [0.5, 0.6) is 5.75 Å². The van der Waals surface area contributed by atoms with Crippen LogP contribution >= 0.6 is 15.9 Å². The lowest BCUT2D eigenvalue weighted by Gasteiger charge is -2.33. The zero-order valence-corrected chi connectivity index (χ0v) is 15.4. The fourth-order valence-corrected chi connectivity index (χ4v) is 2.76. The molecule has 1 aliphatic heterocycles. The molecule has 6 heteroatoms. The van der Waals surface area contributed by atoms with Gasteiger partial charge in [0.05, 0.1) is 11.1 Å². The van der Waals surface area contributed by atoms with E-state index in [4.69, 9.17) is 9.47 Å². The van der Waals surface area contributed by atoms with Crippen molar-refractivity contribution in [2.75, 3.05) is 19.7 Å². The molecule has 1 amide bonds. The maximum Gasteiger partial charge on any atom is 0.410 e. The van der Waals surface area contributed by atoms with Gasteiger partial charge in [0.25, 0.3) is 0 Å². The Bertz CT molecular complexity index is 551. The van der Waals surface area contributed by atoms with E-state index in [1.165, 1.54) is 0 Å². The van der Waals surface area contributed by atoms with Gasteiger partial charge in [-0.15, -0.1) is 0 Å². The van der Waals surface area contributed by atoms with Gasteiger partial charge in [-0.25, -0.2) is 9.18 Å². The van der Waals surface area contributed by atoms with Gasteiger partial charge in [0.1, 0.15) is 5.60 Å². The van der Waals surface area contributed by atoms with Crippen molar-refractivity contribution in [1.29, 1.82) is 0 Å². The highest BCUT2D eigenvalue weighted by atomic mass is 79.9. The summed E-state index contributed by atoms with van der Waals surface area (Å²) >= 11 is 3.15. The van der Waals surface area contributed by atoms with Gasteiger partial charge in [0, 0.05) is 13.1 Å². The van der Waals surface area contributed by atoms with E-state index in [-0.39, 0.29) is 17.7 Å². The van der Waals surface area contributed by atoms with Gasteiger partial charge < -0.3 is 14.4 Å². The molecule has 4 nitrogen and oxygen atoms in total. The van der Waals surface area contributed by atoms with Crippen molar-refractivity contribution >= 4 is 22.0 Å². The molecule has 0 atom stereocenters. The number of piperidine rings is 1. The topological polar surface area (TPSA) is 38.8 Å². The average Bonchev–Trinajstić information content (AvgIpc) is 2.47. The Hall–Kier alpha value is -1.30. The highest BCUT2D eigenvalue weighted by Crippen LogP contribution is 2.26. The maximum absolute atomic E-state index is 13.8. The number of halogens is 2. The summed E-state index contributed by atoms with van der Waals surface area (Å²) in [5.74, 6) is 0.194. The number of hydrogen-bond acceptors (Lipinski definition) is 3. The highest BCUT2D eigenvalue weighted by molar-refractivity contribution is 9.10.